The van der Waals surface area contributed by atoms with Crippen molar-refractivity contribution in [3.05, 3.63) is 70.8 Å². The lowest BCUT2D eigenvalue weighted by molar-refractivity contribution is -0.130. The summed E-state index contributed by atoms with van der Waals surface area (Å²) in [6.07, 6.45) is 2.43. The van der Waals surface area contributed by atoms with E-state index in [-0.39, 0.29) is 14.0 Å². The van der Waals surface area contributed by atoms with Gasteiger partial charge in [0.15, 0.2) is 0 Å². The second-order valence-electron chi connectivity index (χ2n) is 7.69. The largest absolute Gasteiger partial charge is 0.339 e. The Morgan fingerprint density at radius 1 is 1.09 bits per heavy atom. The summed E-state index contributed by atoms with van der Waals surface area (Å²) in [5.41, 5.74) is 10.2. The van der Waals surface area contributed by atoms with Crippen LogP contribution < -0.4 is 27.2 Å². The van der Waals surface area contributed by atoms with E-state index in [0.29, 0.717) is 11.6 Å². The highest BCUT2D eigenvalue weighted by molar-refractivity contribution is 5.97. The predicted molar refractivity (Wildman–Crippen MR) is 129 cm³/mol. The molecule has 0 radical (unpaired) electrons. The number of benzene rings is 2. The predicted octanol–water partition coefficient (Wildman–Crippen LogP) is 1.13. The Kier molecular flexibility index (Phi) is 10.5. The molecule has 1 aliphatic heterocycles. The first-order valence-corrected chi connectivity index (χ1v) is 10.7. The van der Waals surface area contributed by atoms with Crippen molar-refractivity contribution >= 4 is 11.8 Å². The molecular weight excluding hydrogens is 418 g/mol. The number of piperidine rings is 1. The van der Waals surface area contributed by atoms with E-state index in [9.17, 15) is 9.59 Å². The number of carbonyl (C=O) groups excluding carboxylic acids is 2. The van der Waals surface area contributed by atoms with Crippen LogP contribution in [0.2, 0.25) is 0 Å². The first kappa shape index (κ1) is 26.0. The summed E-state index contributed by atoms with van der Waals surface area (Å²) < 4.78 is 0. The lowest BCUT2D eigenvalue weighted by Crippen LogP contribution is -2.50. The van der Waals surface area contributed by atoms with Crippen LogP contribution >= 0.6 is 0 Å². The first-order chi connectivity index (χ1) is 15.6. The molecule has 1 unspecified atom stereocenters. The van der Waals surface area contributed by atoms with E-state index < -0.39 is 17.9 Å². The van der Waals surface area contributed by atoms with Gasteiger partial charge in [0.25, 0.3) is 11.8 Å². The molecule has 1 aliphatic rings. The van der Waals surface area contributed by atoms with E-state index in [2.05, 4.69) is 39.9 Å². The van der Waals surface area contributed by atoms with E-state index in [1.165, 1.54) is 23.9 Å². The number of nitrogens with two attached hydrogens (primary N) is 1. The number of rotatable bonds is 7. The Morgan fingerprint density at radius 3 is 2.27 bits per heavy atom. The smallest absolute Gasteiger partial charge is 0.267 e. The van der Waals surface area contributed by atoms with Crippen LogP contribution in [-0.2, 0) is 11.3 Å². The number of hydroxylamine groups is 1. The lowest BCUT2D eigenvalue weighted by Gasteiger charge is -2.23. The van der Waals surface area contributed by atoms with Crippen LogP contribution in [0.25, 0.3) is 0 Å². The van der Waals surface area contributed by atoms with Crippen molar-refractivity contribution < 1.29 is 14.8 Å². The maximum Gasteiger partial charge on any atom is 0.267 e. The van der Waals surface area contributed by atoms with Gasteiger partial charge >= 0.3 is 0 Å². The second-order valence-corrected chi connectivity index (χ2v) is 7.69. The number of nitrogens with one attached hydrogen (secondary N) is 4. The summed E-state index contributed by atoms with van der Waals surface area (Å²) in [6.45, 7) is 2.85. The van der Waals surface area contributed by atoms with Crippen LogP contribution in [0.3, 0.4) is 0 Å². The van der Waals surface area contributed by atoms with Crippen molar-refractivity contribution in [2.45, 2.75) is 38.9 Å². The van der Waals surface area contributed by atoms with Gasteiger partial charge in [-0.05, 0) is 61.3 Å². The fourth-order valence-electron chi connectivity index (χ4n) is 3.39. The quantitative estimate of drug-likeness (QED) is 0.213. The van der Waals surface area contributed by atoms with Crippen molar-refractivity contribution in [3.63, 3.8) is 0 Å². The summed E-state index contributed by atoms with van der Waals surface area (Å²) in [5, 5.41) is 18.1. The Labute approximate surface area is 195 Å². The SMILES string of the molecule is C.NC[C@H](NC(=O)c1ccc(C#Cc2ccc(CNC3CCCNC3)cc2)cc1)C(=O)NO. The average Bonchev–Trinajstić information content (AvgIpc) is 2.85. The summed E-state index contributed by atoms with van der Waals surface area (Å²) in [7, 11) is 0. The zero-order valence-corrected chi connectivity index (χ0v) is 17.9. The van der Waals surface area contributed by atoms with Crippen molar-refractivity contribution in [3.8, 4) is 11.8 Å². The number of hydrogen-bond donors (Lipinski definition) is 6. The van der Waals surface area contributed by atoms with E-state index in [1.54, 1.807) is 24.3 Å². The van der Waals surface area contributed by atoms with Crippen LogP contribution in [0.4, 0.5) is 0 Å². The van der Waals surface area contributed by atoms with Crippen molar-refractivity contribution in [1.29, 1.82) is 0 Å². The normalized spacial score (nSPS) is 15.9. The molecule has 2 aromatic rings. The van der Waals surface area contributed by atoms with Gasteiger partial charge in [-0.2, -0.15) is 0 Å². The van der Waals surface area contributed by atoms with Crippen LogP contribution in [-0.4, -0.2) is 48.7 Å². The highest BCUT2D eigenvalue weighted by Crippen LogP contribution is 2.08. The molecule has 0 bridgehead atoms. The van der Waals surface area contributed by atoms with Crippen LogP contribution in [0, 0.1) is 11.8 Å². The topological polar surface area (TPSA) is 129 Å². The molecule has 7 N–H and O–H groups in total. The first-order valence-electron chi connectivity index (χ1n) is 10.7. The Balaban J connectivity index is 0.00000385. The maximum atomic E-state index is 12.2. The van der Waals surface area contributed by atoms with Gasteiger partial charge < -0.3 is 21.7 Å². The standard InChI is InChI=1S/C24H29N5O3.CH4/c25-14-22(24(31)29-32)28-23(30)20-11-9-18(10-12-20)4-3-17-5-7-19(8-6-17)15-27-21-2-1-13-26-16-21;/h5-12,21-22,26-27,32H,1-2,13-16,25H2,(H,28,30)(H,29,31);1H4/t21?,22-;/m0./s1. The summed E-state index contributed by atoms with van der Waals surface area (Å²) >= 11 is 0. The molecule has 1 heterocycles. The molecule has 8 nitrogen and oxygen atoms in total. The van der Waals surface area contributed by atoms with E-state index in [0.717, 1.165) is 30.8 Å². The van der Waals surface area contributed by atoms with E-state index in [4.69, 9.17) is 10.9 Å². The summed E-state index contributed by atoms with van der Waals surface area (Å²) in [5.74, 6) is 4.99. The Bertz CT molecular complexity index is 958. The summed E-state index contributed by atoms with van der Waals surface area (Å²) in [6, 6.07) is 14.4. The van der Waals surface area contributed by atoms with Gasteiger partial charge in [-0.15, -0.1) is 0 Å². The molecule has 2 atom stereocenters. The maximum absolute atomic E-state index is 12.2. The molecule has 0 spiro atoms. The molecule has 1 saturated heterocycles. The van der Waals surface area contributed by atoms with Gasteiger partial charge in [0, 0.05) is 42.4 Å². The van der Waals surface area contributed by atoms with Gasteiger partial charge in [0.2, 0.25) is 0 Å². The number of carbonyl (C=O) groups is 2. The molecule has 0 aliphatic carbocycles. The van der Waals surface area contributed by atoms with Crippen molar-refractivity contribution in [2.75, 3.05) is 19.6 Å². The van der Waals surface area contributed by atoms with Gasteiger partial charge in [-0.25, -0.2) is 5.48 Å². The molecule has 2 aromatic carbocycles. The number of hydrogen-bond acceptors (Lipinski definition) is 6. The highest BCUT2D eigenvalue weighted by Gasteiger charge is 2.19. The van der Waals surface area contributed by atoms with E-state index in [1.807, 2.05) is 12.1 Å². The highest BCUT2D eigenvalue weighted by atomic mass is 16.5. The fourth-order valence-corrected chi connectivity index (χ4v) is 3.39. The van der Waals surface area contributed by atoms with Crippen LogP contribution in [0.5, 0.6) is 0 Å². The molecule has 2 amide bonds. The monoisotopic (exact) mass is 451 g/mol. The van der Waals surface area contributed by atoms with E-state index >= 15 is 0 Å². The molecule has 176 valence electrons. The average molecular weight is 452 g/mol. The van der Waals surface area contributed by atoms with Gasteiger partial charge in [0.1, 0.15) is 6.04 Å². The number of amides is 2. The van der Waals surface area contributed by atoms with Crippen LogP contribution in [0.1, 0.15) is 47.3 Å². The third kappa shape index (κ3) is 8.00. The molecule has 1 fully saturated rings. The third-order valence-electron chi connectivity index (χ3n) is 5.31. The lowest BCUT2D eigenvalue weighted by atomic mass is 10.1. The third-order valence-corrected chi connectivity index (χ3v) is 5.31. The van der Waals surface area contributed by atoms with Crippen LogP contribution in [0.15, 0.2) is 48.5 Å². The van der Waals surface area contributed by atoms with Gasteiger partial charge in [-0.1, -0.05) is 31.4 Å². The zero-order chi connectivity index (χ0) is 22.8. The minimum absolute atomic E-state index is 0. The minimum atomic E-state index is -1.01. The molecule has 0 saturated carbocycles. The van der Waals surface area contributed by atoms with Gasteiger partial charge in [0.05, 0.1) is 0 Å². The Morgan fingerprint density at radius 2 is 1.73 bits per heavy atom. The molecule has 0 aromatic heterocycles. The second kappa shape index (κ2) is 13.4. The molecular formula is C25H33N5O3. The summed E-state index contributed by atoms with van der Waals surface area (Å²) in [4.78, 5) is 23.7. The van der Waals surface area contributed by atoms with Gasteiger partial charge in [-0.3, -0.25) is 14.8 Å². The van der Waals surface area contributed by atoms with Crippen molar-refractivity contribution in [2.24, 2.45) is 5.73 Å². The molecule has 3 rings (SSSR count). The Hall–Kier alpha value is -3.22. The molecule has 33 heavy (non-hydrogen) atoms. The molecule has 8 heteroatoms. The fraction of sp³-hybridized carbons (Fsp3) is 0.360. The minimum Gasteiger partial charge on any atom is -0.339 e. The zero-order valence-electron chi connectivity index (χ0n) is 17.9. The van der Waals surface area contributed by atoms with Crippen molar-refractivity contribution in [1.82, 2.24) is 21.4 Å².